The van der Waals surface area contributed by atoms with Crippen LogP contribution in [0.25, 0.3) is 10.3 Å². The van der Waals surface area contributed by atoms with Gasteiger partial charge in [0.1, 0.15) is 11.3 Å². The summed E-state index contributed by atoms with van der Waals surface area (Å²) in [5, 5.41) is 6.30. The Morgan fingerprint density at radius 3 is 2.58 bits per heavy atom. The first kappa shape index (κ1) is 16.9. The lowest BCUT2D eigenvalue weighted by Crippen LogP contribution is -2.58. The largest absolute Gasteiger partial charge is 0.398 e. The number of halogens is 1. The molecular weight excluding hydrogens is 374 g/mol. The van der Waals surface area contributed by atoms with Gasteiger partial charge in [-0.1, -0.05) is 11.6 Å². The Morgan fingerprint density at radius 1 is 1.19 bits per heavy atom. The van der Waals surface area contributed by atoms with Crippen LogP contribution in [0.3, 0.4) is 0 Å². The topological polar surface area (TPSA) is 113 Å². The highest BCUT2D eigenvalue weighted by Crippen LogP contribution is 2.24. The molecule has 4 rings (SSSR count). The molecule has 7 nitrogen and oxygen atoms in total. The van der Waals surface area contributed by atoms with Crippen LogP contribution in [-0.2, 0) is 0 Å². The molecule has 1 aromatic carbocycles. The summed E-state index contributed by atoms with van der Waals surface area (Å²) >= 11 is 7.35. The Balaban J connectivity index is 1.38. The standard InChI is InChI=1S/C17H16ClN5O2S/c18-9-2-1-8(5-10(9)19)16(24)22-11-3-4-12(11)23-17(25)13-6-14-15(21-13)20-7-26-14/h1-2,5-7,11-12,21H,3-4,19H2,(H,22,24)(H,23,25). The van der Waals surface area contributed by atoms with E-state index in [2.05, 4.69) is 20.6 Å². The van der Waals surface area contributed by atoms with E-state index in [1.807, 2.05) is 0 Å². The highest BCUT2D eigenvalue weighted by Gasteiger charge is 2.34. The first-order valence-corrected chi connectivity index (χ1v) is 9.36. The van der Waals surface area contributed by atoms with Gasteiger partial charge in [-0.3, -0.25) is 9.59 Å². The van der Waals surface area contributed by atoms with Crippen LogP contribution in [0.1, 0.15) is 33.7 Å². The fourth-order valence-corrected chi connectivity index (χ4v) is 3.69. The number of H-pyrrole nitrogens is 1. The normalized spacial score (nSPS) is 19.1. The smallest absolute Gasteiger partial charge is 0.268 e. The third-order valence-corrected chi connectivity index (χ3v) is 5.65. The van der Waals surface area contributed by atoms with E-state index in [9.17, 15) is 9.59 Å². The lowest BCUT2D eigenvalue weighted by Gasteiger charge is -2.37. The maximum atomic E-state index is 12.4. The first-order valence-electron chi connectivity index (χ1n) is 8.10. The number of aromatic nitrogens is 2. The van der Waals surface area contributed by atoms with Gasteiger partial charge in [0.2, 0.25) is 0 Å². The molecule has 2 atom stereocenters. The van der Waals surface area contributed by atoms with Crippen molar-refractivity contribution in [1.29, 1.82) is 0 Å². The van der Waals surface area contributed by atoms with Crippen molar-refractivity contribution in [2.45, 2.75) is 24.9 Å². The van der Waals surface area contributed by atoms with E-state index >= 15 is 0 Å². The second kappa shape index (κ2) is 6.62. The molecule has 2 unspecified atom stereocenters. The van der Waals surface area contributed by atoms with Crippen LogP contribution in [0, 0.1) is 0 Å². The number of benzene rings is 1. The molecule has 0 aliphatic heterocycles. The molecule has 1 saturated carbocycles. The lowest BCUT2D eigenvalue weighted by molar-refractivity contribution is 0.0827. The summed E-state index contributed by atoms with van der Waals surface area (Å²) in [4.78, 5) is 31.9. The quantitative estimate of drug-likeness (QED) is 0.513. The molecule has 2 aromatic heterocycles. The van der Waals surface area contributed by atoms with E-state index in [0.717, 1.165) is 17.5 Å². The number of nitrogens with two attached hydrogens (primary N) is 1. The molecule has 0 saturated heterocycles. The summed E-state index contributed by atoms with van der Waals surface area (Å²) < 4.78 is 0.939. The van der Waals surface area contributed by atoms with Gasteiger partial charge in [0.25, 0.3) is 11.8 Å². The highest BCUT2D eigenvalue weighted by atomic mass is 35.5. The summed E-state index contributed by atoms with van der Waals surface area (Å²) in [6.45, 7) is 0. The minimum absolute atomic E-state index is 0.106. The maximum Gasteiger partial charge on any atom is 0.268 e. The zero-order chi connectivity index (χ0) is 18.3. The molecule has 5 N–H and O–H groups in total. The average Bonchev–Trinajstić information content (AvgIpc) is 3.20. The number of fused-ring (bicyclic) bond motifs is 1. The molecule has 26 heavy (non-hydrogen) atoms. The number of nitrogen functional groups attached to an aromatic ring is 1. The van der Waals surface area contributed by atoms with E-state index in [1.165, 1.54) is 11.3 Å². The number of nitrogens with one attached hydrogen (secondary N) is 3. The number of carbonyl (C=O) groups is 2. The van der Waals surface area contributed by atoms with Crippen LogP contribution in [0.4, 0.5) is 5.69 Å². The first-order chi connectivity index (χ1) is 12.5. The summed E-state index contributed by atoms with van der Waals surface area (Å²) in [6, 6.07) is 6.33. The van der Waals surface area contributed by atoms with E-state index in [1.54, 1.807) is 29.8 Å². The fourth-order valence-electron chi connectivity index (χ4n) is 2.90. The van der Waals surface area contributed by atoms with Crippen molar-refractivity contribution in [1.82, 2.24) is 20.6 Å². The van der Waals surface area contributed by atoms with Gasteiger partial charge in [0, 0.05) is 17.6 Å². The van der Waals surface area contributed by atoms with Crippen molar-refractivity contribution in [2.24, 2.45) is 0 Å². The Labute approximate surface area is 157 Å². The number of aromatic amines is 1. The third-order valence-electron chi connectivity index (χ3n) is 4.53. The van der Waals surface area contributed by atoms with Gasteiger partial charge in [-0.05, 0) is 37.1 Å². The van der Waals surface area contributed by atoms with Gasteiger partial charge in [-0.2, -0.15) is 0 Å². The molecule has 2 amide bonds. The van der Waals surface area contributed by atoms with E-state index in [4.69, 9.17) is 17.3 Å². The Hall–Kier alpha value is -2.58. The Kier molecular flexibility index (Phi) is 4.29. The van der Waals surface area contributed by atoms with Crippen molar-refractivity contribution in [3.8, 4) is 0 Å². The van der Waals surface area contributed by atoms with Gasteiger partial charge in [-0.25, -0.2) is 4.98 Å². The van der Waals surface area contributed by atoms with Crippen molar-refractivity contribution < 1.29 is 9.59 Å². The molecule has 9 heteroatoms. The predicted octanol–water partition coefficient (Wildman–Crippen LogP) is 2.55. The van der Waals surface area contributed by atoms with Gasteiger partial charge in [-0.15, -0.1) is 11.3 Å². The maximum absolute atomic E-state index is 12.4. The predicted molar refractivity (Wildman–Crippen MR) is 102 cm³/mol. The van der Waals surface area contributed by atoms with Crippen LogP contribution < -0.4 is 16.4 Å². The SMILES string of the molecule is Nc1cc(C(=O)NC2CCC2NC(=O)c2cc3scnc3[nH]2)ccc1Cl. The summed E-state index contributed by atoms with van der Waals surface area (Å²) in [7, 11) is 0. The van der Waals surface area contributed by atoms with Crippen LogP contribution >= 0.6 is 22.9 Å². The van der Waals surface area contributed by atoms with Gasteiger partial charge < -0.3 is 21.4 Å². The molecule has 134 valence electrons. The molecule has 0 spiro atoms. The minimum Gasteiger partial charge on any atom is -0.398 e. The number of hydrogen-bond acceptors (Lipinski definition) is 5. The summed E-state index contributed by atoms with van der Waals surface area (Å²) in [5.74, 6) is -0.434. The number of amides is 2. The fraction of sp³-hybridized carbons (Fsp3) is 0.235. The van der Waals surface area contributed by atoms with Crippen molar-refractivity contribution in [2.75, 3.05) is 5.73 Å². The monoisotopic (exact) mass is 389 g/mol. The zero-order valence-electron chi connectivity index (χ0n) is 13.6. The second-order valence-corrected chi connectivity index (χ2v) is 7.52. The molecule has 0 bridgehead atoms. The number of carbonyl (C=O) groups excluding carboxylic acids is 2. The second-order valence-electron chi connectivity index (χ2n) is 6.22. The van der Waals surface area contributed by atoms with Gasteiger partial charge in [0.05, 0.1) is 20.9 Å². The summed E-state index contributed by atoms with van der Waals surface area (Å²) in [6.07, 6.45) is 1.62. The Morgan fingerprint density at radius 2 is 1.92 bits per heavy atom. The number of hydrogen-bond donors (Lipinski definition) is 4. The van der Waals surface area contributed by atoms with E-state index in [0.29, 0.717) is 27.6 Å². The van der Waals surface area contributed by atoms with Crippen molar-refractivity contribution in [3.05, 3.63) is 46.1 Å². The summed E-state index contributed by atoms with van der Waals surface area (Å²) in [5.41, 5.74) is 9.45. The highest BCUT2D eigenvalue weighted by molar-refractivity contribution is 7.16. The third kappa shape index (κ3) is 3.13. The van der Waals surface area contributed by atoms with Crippen LogP contribution in [-0.4, -0.2) is 33.9 Å². The zero-order valence-corrected chi connectivity index (χ0v) is 15.2. The lowest BCUT2D eigenvalue weighted by atomic mass is 9.86. The van der Waals surface area contributed by atoms with E-state index in [-0.39, 0.29) is 23.9 Å². The molecule has 1 fully saturated rings. The number of nitrogens with zero attached hydrogens (tertiary/aromatic N) is 1. The minimum atomic E-state index is -0.234. The molecule has 1 aliphatic carbocycles. The molecular formula is C17H16ClN5O2S. The van der Waals surface area contributed by atoms with Crippen LogP contribution in [0.15, 0.2) is 29.8 Å². The number of rotatable bonds is 4. The molecule has 2 heterocycles. The van der Waals surface area contributed by atoms with Crippen LogP contribution in [0.2, 0.25) is 5.02 Å². The van der Waals surface area contributed by atoms with E-state index < -0.39 is 0 Å². The number of thiazole rings is 1. The van der Waals surface area contributed by atoms with Crippen molar-refractivity contribution >= 4 is 50.8 Å². The van der Waals surface area contributed by atoms with Crippen LogP contribution in [0.5, 0.6) is 0 Å². The van der Waals surface area contributed by atoms with Gasteiger partial charge >= 0.3 is 0 Å². The van der Waals surface area contributed by atoms with Crippen molar-refractivity contribution in [3.63, 3.8) is 0 Å². The Bertz CT molecular complexity index is 970. The molecule has 0 radical (unpaired) electrons. The average molecular weight is 390 g/mol. The number of anilines is 1. The van der Waals surface area contributed by atoms with Gasteiger partial charge in [0.15, 0.2) is 0 Å². The molecule has 3 aromatic rings. The molecule has 1 aliphatic rings.